The number of hydrogen-bond donors (Lipinski definition) is 0. The molecule has 11 aromatic carbocycles. The summed E-state index contributed by atoms with van der Waals surface area (Å²) in [7, 11) is 0. The van der Waals surface area contributed by atoms with Crippen molar-refractivity contribution in [3.05, 3.63) is 271 Å². The molecule has 0 N–H and O–H groups in total. The lowest BCUT2D eigenvalue weighted by molar-refractivity contribution is 0.768. The second-order valence-corrected chi connectivity index (χ2v) is 18.3. The molecule has 0 aliphatic heterocycles. The van der Waals surface area contributed by atoms with Gasteiger partial charge >= 0.3 is 0 Å². The molecule has 0 unspecified atom stereocenters. The third kappa shape index (κ3) is 5.92. The summed E-state index contributed by atoms with van der Waals surface area (Å²) in [6.45, 7) is 0. The molecule has 1 heterocycles. The Morgan fingerprint density at radius 1 is 0.308 bits per heavy atom. The summed E-state index contributed by atoms with van der Waals surface area (Å²) in [5.74, 6) is 0. The fourth-order valence-corrected chi connectivity index (χ4v) is 11.9. The molecule has 65 heavy (non-hydrogen) atoms. The van der Waals surface area contributed by atoms with Crippen LogP contribution in [0.3, 0.4) is 0 Å². The normalized spacial score (nSPS) is 12.7. The fourth-order valence-electron chi connectivity index (χ4n) is 10.8. The standard InChI is InChI=1S/C63H41NS/c1-3-16-47(17-4-1)63(48-18-5-2-6-19-48)58-24-11-9-21-54(58)55-38-37-51(41-59(55)63)64(49-33-28-42(29-34-49)46-32-39-61-57(40-46)56-22-10-12-25-60(56)65-61)50-35-30-44(31-36-50)53-23-13-15-45-27-26-43-14-7-8-20-52(43)62(45)53/h1-41H. The van der Waals surface area contributed by atoms with Gasteiger partial charge in [0.25, 0.3) is 0 Å². The van der Waals surface area contributed by atoms with Crippen LogP contribution in [0.25, 0.3) is 75.1 Å². The van der Waals surface area contributed by atoms with E-state index in [0.29, 0.717) is 0 Å². The highest BCUT2D eigenvalue weighted by Crippen LogP contribution is 2.57. The van der Waals surface area contributed by atoms with Crippen molar-refractivity contribution in [1.82, 2.24) is 0 Å². The van der Waals surface area contributed by atoms with Crippen LogP contribution in [0.2, 0.25) is 0 Å². The smallest absolute Gasteiger partial charge is 0.0714 e. The molecule has 12 aromatic rings. The highest BCUT2D eigenvalue weighted by molar-refractivity contribution is 7.25. The average Bonchev–Trinajstić information content (AvgIpc) is 3.90. The van der Waals surface area contributed by atoms with Gasteiger partial charge in [0.1, 0.15) is 0 Å². The van der Waals surface area contributed by atoms with E-state index in [0.717, 1.165) is 17.1 Å². The van der Waals surface area contributed by atoms with Crippen molar-refractivity contribution >= 4 is 70.1 Å². The summed E-state index contributed by atoms with van der Waals surface area (Å²) < 4.78 is 2.64. The average molecular weight is 844 g/mol. The van der Waals surface area contributed by atoms with Gasteiger partial charge in [-0.05, 0) is 132 Å². The van der Waals surface area contributed by atoms with Crippen molar-refractivity contribution in [2.24, 2.45) is 0 Å². The molecule has 1 aromatic heterocycles. The minimum absolute atomic E-state index is 0.508. The van der Waals surface area contributed by atoms with Crippen LogP contribution in [0.4, 0.5) is 17.1 Å². The van der Waals surface area contributed by atoms with E-state index in [9.17, 15) is 0 Å². The van der Waals surface area contributed by atoms with Crippen LogP contribution in [0, 0.1) is 0 Å². The van der Waals surface area contributed by atoms with Crippen molar-refractivity contribution in [3.63, 3.8) is 0 Å². The summed E-state index contributed by atoms with van der Waals surface area (Å²) in [5, 5.41) is 7.69. The quantitative estimate of drug-likeness (QED) is 0.145. The maximum atomic E-state index is 2.46. The van der Waals surface area contributed by atoms with Crippen LogP contribution in [0.15, 0.2) is 249 Å². The first-order valence-corrected chi connectivity index (χ1v) is 23.2. The van der Waals surface area contributed by atoms with Gasteiger partial charge in [0.2, 0.25) is 0 Å². The lowest BCUT2D eigenvalue weighted by Gasteiger charge is -2.35. The summed E-state index contributed by atoms with van der Waals surface area (Å²) >= 11 is 1.86. The van der Waals surface area contributed by atoms with Gasteiger partial charge in [-0.15, -0.1) is 11.3 Å². The Morgan fingerprint density at radius 3 is 1.63 bits per heavy atom. The minimum Gasteiger partial charge on any atom is -0.310 e. The minimum atomic E-state index is -0.508. The predicted molar refractivity (Wildman–Crippen MR) is 277 cm³/mol. The molecule has 0 amide bonds. The van der Waals surface area contributed by atoms with Gasteiger partial charge in [0.05, 0.1) is 5.41 Å². The maximum Gasteiger partial charge on any atom is 0.0714 e. The van der Waals surface area contributed by atoms with E-state index in [1.807, 2.05) is 11.3 Å². The van der Waals surface area contributed by atoms with Crippen molar-refractivity contribution in [2.45, 2.75) is 5.41 Å². The van der Waals surface area contributed by atoms with Crippen molar-refractivity contribution in [1.29, 1.82) is 0 Å². The lowest BCUT2D eigenvalue weighted by Crippen LogP contribution is -2.28. The van der Waals surface area contributed by atoms with E-state index in [4.69, 9.17) is 0 Å². The first kappa shape index (κ1) is 37.5. The first-order valence-electron chi connectivity index (χ1n) is 22.4. The van der Waals surface area contributed by atoms with Gasteiger partial charge in [0.15, 0.2) is 0 Å². The molecular weight excluding hydrogens is 803 g/mol. The first-order chi connectivity index (χ1) is 32.2. The molecule has 0 bridgehead atoms. The van der Waals surface area contributed by atoms with E-state index in [-0.39, 0.29) is 0 Å². The third-order valence-corrected chi connectivity index (χ3v) is 14.9. The van der Waals surface area contributed by atoms with Gasteiger partial charge in [0, 0.05) is 37.2 Å². The number of thiophene rings is 1. The topological polar surface area (TPSA) is 3.24 Å². The van der Waals surface area contributed by atoms with Gasteiger partial charge in [-0.1, -0.05) is 194 Å². The van der Waals surface area contributed by atoms with Gasteiger partial charge in [-0.25, -0.2) is 0 Å². The van der Waals surface area contributed by atoms with Gasteiger partial charge in [-0.3, -0.25) is 0 Å². The summed E-state index contributed by atoms with van der Waals surface area (Å²) in [6, 6.07) is 92.2. The summed E-state index contributed by atoms with van der Waals surface area (Å²) in [4.78, 5) is 2.44. The Labute approximate surface area is 382 Å². The molecule has 0 atom stereocenters. The highest BCUT2D eigenvalue weighted by atomic mass is 32.1. The Kier molecular flexibility index (Phi) is 8.69. The molecule has 0 fully saturated rings. The molecule has 1 nitrogen and oxygen atoms in total. The molecular formula is C63H41NS. The van der Waals surface area contributed by atoms with E-state index < -0.39 is 5.41 Å². The second kappa shape index (κ2) is 15.1. The number of hydrogen-bond acceptors (Lipinski definition) is 2. The molecule has 1 aliphatic rings. The Balaban J connectivity index is 0.990. The lowest BCUT2D eigenvalue weighted by atomic mass is 9.67. The zero-order valence-corrected chi connectivity index (χ0v) is 36.3. The molecule has 0 spiro atoms. The van der Waals surface area contributed by atoms with Crippen molar-refractivity contribution in [3.8, 4) is 33.4 Å². The van der Waals surface area contributed by atoms with E-state index in [1.165, 1.54) is 97.4 Å². The Morgan fingerprint density at radius 2 is 0.862 bits per heavy atom. The zero-order chi connectivity index (χ0) is 42.9. The second-order valence-electron chi connectivity index (χ2n) is 17.2. The molecule has 0 saturated carbocycles. The van der Waals surface area contributed by atoms with Crippen molar-refractivity contribution in [2.75, 3.05) is 4.90 Å². The van der Waals surface area contributed by atoms with Gasteiger partial charge < -0.3 is 4.90 Å². The molecule has 13 rings (SSSR count). The van der Waals surface area contributed by atoms with Gasteiger partial charge in [-0.2, -0.15) is 0 Å². The molecule has 304 valence electrons. The number of fused-ring (bicyclic) bond motifs is 9. The highest BCUT2D eigenvalue weighted by Gasteiger charge is 2.46. The Hall–Kier alpha value is -8.04. The van der Waals surface area contributed by atoms with Crippen molar-refractivity contribution < 1.29 is 0 Å². The molecule has 2 heteroatoms. The van der Waals surface area contributed by atoms with E-state index in [1.54, 1.807) is 0 Å². The number of nitrogens with zero attached hydrogens (tertiary/aromatic N) is 1. The fraction of sp³-hybridized carbons (Fsp3) is 0.0159. The number of anilines is 3. The van der Waals surface area contributed by atoms with Crippen LogP contribution in [-0.2, 0) is 5.41 Å². The number of benzene rings is 11. The summed E-state index contributed by atoms with van der Waals surface area (Å²) in [5.41, 5.74) is 15.3. The number of rotatable bonds is 7. The zero-order valence-electron chi connectivity index (χ0n) is 35.5. The third-order valence-electron chi connectivity index (χ3n) is 13.7. The monoisotopic (exact) mass is 843 g/mol. The Bertz CT molecular complexity index is 3710. The van der Waals surface area contributed by atoms with E-state index >= 15 is 0 Å². The molecule has 0 saturated heterocycles. The largest absolute Gasteiger partial charge is 0.310 e. The molecule has 1 aliphatic carbocycles. The van der Waals surface area contributed by atoms with Crippen LogP contribution in [-0.4, -0.2) is 0 Å². The van der Waals surface area contributed by atoms with Crippen LogP contribution in [0.5, 0.6) is 0 Å². The predicted octanol–water partition coefficient (Wildman–Crippen LogP) is 17.5. The molecule has 0 radical (unpaired) electrons. The van der Waals surface area contributed by atoms with E-state index in [2.05, 4.69) is 254 Å². The van der Waals surface area contributed by atoms with Crippen LogP contribution < -0.4 is 4.90 Å². The SMILES string of the molecule is c1ccc(C2(c3ccccc3)c3ccccc3-c3ccc(N(c4ccc(-c5ccc6sc7ccccc7c6c5)cc4)c4ccc(-c5cccc6ccc7ccccc7c56)cc4)cc32)cc1. The maximum absolute atomic E-state index is 2.46. The van der Waals surface area contributed by atoms with Crippen LogP contribution >= 0.6 is 11.3 Å². The van der Waals surface area contributed by atoms with Crippen LogP contribution in [0.1, 0.15) is 22.3 Å². The summed E-state index contributed by atoms with van der Waals surface area (Å²) in [6.07, 6.45) is 0.